The molecule has 2 nitrogen and oxygen atoms in total. The summed E-state index contributed by atoms with van der Waals surface area (Å²) >= 11 is 0. The number of carbonyl (C=O) groups is 1. The molecule has 0 amide bonds. The van der Waals surface area contributed by atoms with Gasteiger partial charge in [-0.3, -0.25) is 4.79 Å². The molecular weight excluding hydrogens is 185 g/mol. The smallest absolute Gasteiger partial charge is 0.385 e. The van der Waals surface area contributed by atoms with Crippen LogP contribution in [0.2, 0.25) is 0 Å². The minimum Gasteiger partial charge on any atom is -0.385 e. The molecule has 1 saturated carbocycles. The fraction of sp³-hybridized carbons (Fsp3) is 0.875. The number of alkyl halides is 3. The monoisotopic (exact) mass is 196 g/mol. The van der Waals surface area contributed by atoms with Crippen LogP contribution in [0.1, 0.15) is 25.7 Å². The molecular formula is C8H11F3O2. The van der Waals surface area contributed by atoms with E-state index in [-0.39, 0.29) is 25.7 Å². The van der Waals surface area contributed by atoms with Crippen molar-refractivity contribution in [2.75, 3.05) is 0 Å². The normalized spacial score (nSPS) is 31.5. The van der Waals surface area contributed by atoms with Crippen LogP contribution in [0.15, 0.2) is 0 Å². The number of rotatable bonds is 0. The van der Waals surface area contributed by atoms with Gasteiger partial charge in [-0.25, -0.2) is 0 Å². The molecule has 2 unspecified atom stereocenters. The van der Waals surface area contributed by atoms with E-state index in [1.807, 2.05) is 0 Å². The van der Waals surface area contributed by atoms with Crippen LogP contribution < -0.4 is 0 Å². The molecule has 76 valence electrons. The van der Waals surface area contributed by atoms with Crippen molar-refractivity contribution in [2.24, 2.45) is 5.92 Å². The maximum Gasteiger partial charge on any atom is 0.391 e. The zero-order valence-corrected chi connectivity index (χ0v) is 6.97. The van der Waals surface area contributed by atoms with Crippen LogP contribution in [0.5, 0.6) is 0 Å². The highest BCUT2D eigenvalue weighted by Gasteiger charge is 2.41. The van der Waals surface area contributed by atoms with Crippen molar-refractivity contribution in [2.45, 2.75) is 38.0 Å². The number of aliphatic hydroxyl groups excluding tert-OH is 1. The van der Waals surface area contributed by atoms with Gasteiger partial charge in [-0.2, -0.15) is 13.2 Å². The first-order chi connectivity index (χ1) is 5.91. The van der Waals surface area contributed by atoms with Crippen molar-refractivity contribution in [1.29, 1.82) is 0 Å². The molecule has 0 radical (unpaired) electrons. The molecule has 0 bridgehead atoms. The first-order valence-electron chi connectivity index (χ1n) is 4.18. The molecule has 1 rings (SSSR count). The average molecular weight is 196 g/mol. The second-order valence-corrected chi connectivity index (χ2v) is 3.34. The Morgan fingerprint density at radius 2 is 1.85 bits per heavy atom. The number of hydrogen-bond acceptors (Lipinski definition) is 2. The molecule has 2 atom stereocenters. The molecule has 0 spiro atoms. The SMILES string of the molecule is O=C1CCC(C(F)(F)F)CCC1O. The van der Waals surface area contributed by atoms with Gasteiger partial charge in [0.15, 0.2) is 5.78 Å². The third-order valence-electron chi connectivity index (χ3n) is 2.36. The van der Waals surface area contributed by atoms with Gasteiger partial charge in [0.25, 0.3) is 0 Å². The lowest BCUT2D eigenvalue weighted by atomic mass is 10.00. The molecule has 0 aromatic carbocycles. The molecule has 1 fully saturated rings. The molecule has 1 aliphatic rings. The van der Waals surface area contributed by atoms with Gasteiger partial charge in [-0.15, -0.1) is 0 Å². The minimum absolute atomic E-state index is 0.0665. The number of aliphatic hydroxyl groups is 1. The second-order valence-electron chi connectivity index (χ2n) is 3.34. The minimum atomic E-state index is -4.23. The van der Waals surface area contributed by atoms with Crippen molar-refractivity contribution < 1.29 is 23.1 Å². The largest absolute Gasteiger partial charge is 0.391 e. The zero-order chi connectivity index (χ0) is 10.1. The molecule has 0 aromatic heterocycles. The Kier molecular flexibility index (Phi) is 2.95. The number of halogens is 3. The van der Waals surface area contributed by atoms with Crippen molar-refractivity contribution in [3.8, 4) is 0 Å². The lowest BCUT2D eigenvalue weighted by Crippen LogP contribution is -2.22. The maximum atomic E-state index is 12.2. The van der Waals surface area contributed by atoms with E-state index in [1.54, 1.807) is 0 Å². The Morgan fingerprint density at radius 3 is 2.38 bits per heavy atom. The Morgan fingerprint density at radius 1 is 1.23 bits per heavy atom. The predicted octanol–water partition coefficient (Wildman–Crippen LogP) is 1.67. The zero-order valence-electron chi connectivity index (χ0n) is 6.97. The van der Waals surface area contributed by atoms with Crippen molar-refractivity contribution in [1.82, 2.24) is 0 Å². The van der Waals surface area contributed by atoms with E-state index in [4.69, 9.17) is 5.11 Å². The van der Waals surface area contributed by atoms with Crippen molar-refractivity contribution in [3.05, 3.63) is 0 Å². The first-order valence-corrected chi connectivity index (χ1v) is 4.18. The lowest BCUT2D eigenvalue weighted by Gasteiger charge is -2.16. The highest BCUT2D eigenvalue weighted by molar-refractivity contribution is 5.82. The maximum absolute atomic E-state index is 12.2. The van der Waals surface area contributed by atoms with Crippen LogP contribution >= 0.6 is 0 Å². The summed E-state index contributed by atoms with van der Waals surface area (Å²) in [5, 5.41) is 9.02. The highest BCUT2D eigenvalue weighted by atomic mass is 19.4. The van der Waals surface area contributed by atoms with E-state index in [1.165, 1.54) is 0 Å². The molecule has 1 aliphatic carbocycles. The topological polar surface area (TPSA) is 37.3 Å². The Labute approximate surface area is 73.7 Å². The van der Waals surface area contributed by atoms with Crippen LogP contribution in [0.3, 0.4) is 0 Å². The van der Waals surface area contributed by atoms with Crippen LogP contribution in [0.4, 0.5) is 13.2 Å². The first kappa shape index (κ1) is 10.5. The van der Waals surface area contributed by atoms with Crippen LogP contribution in [-0.2, 0) is 4.79 Å². The Hall–Kier alpha value is -0.580. The van der Waals surface area contributed by atoms with Gasteiger partial charge in [-0.05, 0) is 19.3 Å². The van der Waals surface area contributed by atoms with Crippen LogP contribution in [0, 0.1) is 5.92 Å². The fourth-order valence-electron chi connectivity index (χ4n) is 1.47. The average Bonchev–Trinajstić information content (AvgIpc) is 2.14. The molecule has 0 heterocycles. The standard InChI is InChI=1S/C8H11F3O2/c9-8(10,11)5-1-3-6(12)7(13)4-2-5/h5-6,12H,1-4H2. The molecule has 0 saturated heterocycles. The fourth-order valence-corrected chi connectivity index (χ4v) is 1.47. The summed E-state index contributed by atoms with van der Waals surface area (Å²) in [6.45, 7) is 0. The number of hydrogen-bond donors (Lipinski definition) is 1. The number of carbonyl (C=O) groups excluding carboxylic acids is 1. The lowest BCUT2D eigenvalue weighted by molar-refractivity contribution is -0.177. The van der Waals surface area contributed by atoms with E-state index < -0.39 is 24.0 Å². The predicted molar refractivity (Wildman–Crippen MR) is 39.0 cm³/mol. The van der Waals surface area contributed by atoms with Crippen LogP contribution in [0.25, 0.3) is 0 Å². The molecule has 5 heteroatoms. The summed E-state index contributed by atoms with van der Waals surface area (Å²) in [7, 11) is 0. The van der Waals surface area contributed by atoms with E-state index in [2.05, 4.69) is 0 Å². The van der Waals surface area contributed by atoms with E-state index in [0.29, 0.717) is 0 Å². The van der Waals surface area contributed by atoms with Gasteiger partial charge in [0.1, 0.15) is 6.10 Å². The van der Waals surface area contributed by atoms with Gasteiger partial charge in [0, 0.05) is 6.42 Å². The van der Waals surface area contributed by atoms with Gasteiger partial charge < -0.3 is 5.11 Å². The number of ketones is 1. The van der Waals surface area contributed by atoms with Crippen molar-refractivity contribution >= 4 is 5.78 Å². The summed E-state index contributed by atoms with van der Waals surface area (Å²) in [6, 6.07) is 0. The third kappa shape index (κ3) is 2.69. The summed E-state index contributed by atoms with van der Waals surface area (Å²) in [6.07, 6.45) is -5.97. The van der Waals surface area contributed by atoms with Gasteiger partial charge >= 0.3 is 6.18 Å². The molecule has 1 N–H and O–H groups in total. The van der Waals surface area contributed by atoms with Gasteiger partial charge in [0.2, 0.25) is 0 Å². The van der Waals surface area contributed by atoms with Crippen molar-refractivity contribution in [3.63, 3.8) is 0 Å². The molecule has 0 aromatic rings. The molecule has 13 heavy (non-hydrogen) atoms. The summed E-state index contributed by atoms with van der Waals surface area (Å²) in [4.78, 5) is 10.9. The van der Waals surface area contributed by atoms with E-state index in [9.17, 15) is 18.0 Å². The number of Topliss-reactive ketones (excluding diaryl/α,β-unsaturated/α-hetero) is 1. The summed E-state index contributed by atoms with van der Waals surface area (Å²) in [5.74, 6) is -1.89. The third-order valence-corrected chi connectivity index (χ3v) is 2.36. The van der Waals surface area contributed by atoms with Crippen LogP contribution in [-0.4, -0.2) is 23.2 Å². The van der Waals surface area contributed by atoms with Gasteiger partial charge in [0.05, 0.1) is 5.92 Å². The van der Waals surface area contributed by atoms with E-state index in [0.717, 1.165) is 0 Å². The quantitative estimate of drug-likeness (QED) is 0.598. The Bertz CT molecular complexity index is 200. The highest BCUT2D eigenvalue weighted by Crippen LogP contribution is 2.35. The van der Waals surface area contributed by atoms with Gasteiger partial charge in [-0.1, -0.05) is 0 Å². The Balaban J connectivity index is 2.59. The second kappa shape index (κ2) is 3.65. The summed E-state index contributed by atoms with van der Waals surface area (Å²) < 4.78 is 36.5. The van der Waals surface area contributed by atoms with E-state index >= 15 is 0 Å². The molecule has 0 aliphatic heterocycles. The summed E-state index contributed by atoms with van der Waals surface area (Å²) in [5.41, 5.74) is 0.